The molecule has 1 aromatic heterocycles. The lowest BCUT2D eigenvalue weighted by Gasteiger charge is -1.93. The molecule has 1 heterocycles. The summed E-state index contributed by atoms with van der Waals surface area (Å²) in [4.78, 5) is 6.69. The van der Waals surface area contributed by atoms with Gasteiger partial charge in [-0.1, -0.05) is 6.07 Å². The predicted octanol–water partition coefficient (Wildman–Crippen LogP) is 3.74. The predicted molar refractivity (Wildman–Crippen MR) is 66.8 cm³/mol. The molecule has 17 heavy (non-hydrogen) atoms. The molecule has 0 bridgehead atoms. The minimum atomic E-state index is 0.612. The van der Waals surface area contributed by atoms with Crippen LogP contribution in [0.2, 0.25) is 0 Å². The minimum Gasteiger partial charge on any atom is -0.355 e. The molecule has 0 fully saturated rings. The first kappa shape index (κ1) is 9.45. The van der Waals surface area contributed by atoms with E-state index in [0.717, 1.165) is 21.8 Å². The van der Waals surface area contributed by atoms with E-state index in [-0.39, 0.29) is 0 Å². The van der Waals surface area contributed by atoms with E-state index in [2.05, 4.69) is 15.9 Å². The molecule has 0 aliphatic heterocycles. The van der Waals surface area contributed by atoms with Crippen LogP contribution in [0.5, 0.6) is 0 Å². The number of rotatable bonds is 0. The van der Waals surface area contributed by atoms with Crippen molar-refractivity contribution in [1.82, 2.24) is 4.98 Å². The van der Waals surface area contributed by atoms with Crippen LogP contribution in [0, 0.1) is 17.9 Å². The summed E-state index contributed by atoms with van der Waals surface area (Å²) in [7, 11) is 0. The summed E-state index contributed by atoms with van der Waals surface area (Å²) in [6.07, 6.45) is 0. The van der Waals surface area contributed by atoms with Crippen LogP contribution in [0.25, 0.3) is 26.7 Å². The van der Waals surface area contributed by atoms with Gasteiger partial charge in [0.25, 0.3) is 0 Å². The molecule has 0 saturated heterocycles. The highest BCUT2D eigenvalue weighted by molar-refractivity contribution is 6.08. The highest BCUT2D eigenvalue weighted by Crippen LogP contribution is 2.29. The van der Waals surface area contributed by atoms with Gasteiger partial charge in [-0.15, -0.1) is 0 Å². The van der Waals surface area contributed by atoms with Gasteiger partial charge in [-0.25, -0.2) is 4.85 Å². The van der Waals surface area contributed by atoms with Gasteiger partial charge in [-0.05, 0) is 35.7 Å². The molecule has 0 spiro atoms. The summed E-state index contributed by atoms with van der Waals surface area (Å²) >= 11 is 0. The smallest absolute Gasteiger partial charge is 0.188 e. The van der Waals surface area contributed by atoms with Crippen molar-refractivity contribution < 1.29 is 0 Å². The van der Waals surface area contributed by atoms with E-state index in [9.17, 15) is 0 Å². The third-order valence-corrected chi connectivity index (χ3v) is 2.84. The Labute approximate surface area is 97.7 Å². The maximum atomic E-state index is 8.90. The highest BCUT2D eigenvalue weighted by Gasteiger charge is 2.05. The third-order valence-electron chi connectivity index (χ3n) is 2.84. The van der Waals surface area contributed by atoms with Crippen molar-refractivity contribution in [2.75, 3.05) is 0 Å². The van der Waals surface area contributed by atoms with Crippen LogP contribution in [0.3, 0.4) is 0 Å². The summed E-state index contributed by atoms with van der Waals surface area (Å²) in [5.41, 5.74) is 3.22. The second kappa shape index (κ2) is 3.37. The summed E-state index contributed by atoms with van der Waals surface area (Å²) in [5.74, 6) is 0. The van der Waals surface area contributed by atoms with E-state index >= 15 is 0 Å². The standard InChI is InChI=1S/C14H7N3/c1-16-10-3-5-14-12(7-10)11-6-9(8-15)2-4-13(11)17-14/h2-7,17H. The summed E-state index contributed by atoms with van der Waals surface area (Å²) < 4.78 is 0. The van der Waals surface area contributed by atoms with Gasteiger partial charge in [0.1, 0.15) is 0 Å². The van der Waals surface area contributed by atoms with Gasteiger partial charge in [-0.3, -0.25) is 0 Å². The number of aromatic amines is 1. The lowest BCUT2D eigenvalue weighted by Crippen LogP contribution is -1.72. The SMILES string of the molecule is [C-]#[N+]c1ccc2[nH]c3ccc(C#N)cc3c2c1. The Morgan fingerprint density at radius 2 is 1.76 bits per heavy atom. The van der Waals surface area contributed by atoms with Crippen molar-refractivity contribution >= 4 is 27.5 Å². The second-order valence-electron chi connectivity index (χ2n) is 3.84. The van der Waals surface area contributed by atoms with Crippen LogP contribution in [-0.4, -0.2) is 4.98 Å². The Hall–Kier alpha value is -2.78. The molecule has 3 nitrogen and oxygen atoms in total. The van der Waals surface area contributed by atoms with Crippen LogP contribution in [0.4, 0.5) is 5.69 Å². The number of aromatic nitrogens is 1. The first-order valence-electron chi connectivity index (χ1n) is 5.15. The molecule has 0 aliphatic rings. The zero-order valence-electron chi connectivity index (χ0n) is 8.86. The van der Waals surface area contributed by atoms with Gasteiger partial charge in [0.05, 0.1) is 18.2 Å². The van der Waals surface area contributed by atoms with Crippen LogP contribution < -0.4 is 0 Å². The van der Waals surface area contributed by atoms with Gasteiger partial charge in [0, 0.05) is 16.4 Å². The fourth-order valence-electron chi connectivity index (χ4n) is 2.02. The van der Waals surface area contributed by atoms with E-state index in [0.29, 0.717) is 11.3 Å². The van der Waals surface area contributed by atoms with Crippen molar-refractivity contribution in [2.45, 2.75) is 0 Å². The summed E-state index contributed by atoms with van der Waals surface area (Å²) in [6, 6.07) is 13.2. The van der Waals surface area contributed by atoms with E-state index < -0.39 is 0 Å². The highest BCUT2D eigenvalue weighted by atomic mass is 14.7. The Morgan fingerprint density at radius 1 is 1.06 bits per heavy atom. The molecule has 0 amide bonds. The van der Waals surface area contributed by atoms with E-state index in [1.165, 1.54) is 0 Å². The Morgan fingerprint density at radius 3 is 2.47 bits per heavy atom. The number of fused-ring (bicyclic) bond motifs is 3. The molecular weight excluding hydrogens is 210 g/mol. The monoisotopic (exact) mass is 217 g/mol. The molecule has 0 unspecified atom stereocenters. The fourth-order valence-corrected chi connectivity index (χ4v) is 2.02. The lowest BCUT2D eigenvalue weighted by atomic mass is 10.1. The third kappa shape index (κ3) is 1.34. The maximum absolute atomic E-state index is 8.90. The van der Waals surface area contributed by atoms with Crippen LogP contribution in [0.15, 0.2) is 36.4 Å². The van der Waals surface area contributed by atoms with E-state index in [1.807, 2.05) is 24.3 Å². The molecule has 3 rings (SSSR count). The molecule has 0 aliphatic carbocycles. The molecular formula is C14H7N3. The largest absolute Gasteiger partial charge is 0.355 e. The second-order valence-corrected chi connectivity index (χ2v) is 3.84. The first-order valence-corrected chi connectivity index (χ1v) is 5.15. The average Bonchev–Trinajstić information content (AvgIpc) is 2.75. The Kier molecular flexibility index (Phi) is 1.87. The molecule has 3 aromatic rings. The fraction of sp³-hybridized carbons (Fsp3) is 0. The van der Waals surface area contributed by atoms with Crippen LogP contribution in [0.1, 0.15) is 5.56 Å². The Bertz CT molecular complexity index is 745. The van der Waals surface area contributed by atoms with Crippen LogP contribution in [-0.2, 0) is 0 Å². The summed E-state index contributed by atoms with van der Waals surface area (Å²) in [5, 5.41) is 10.9. The molecule has 0 saturated carbocycles. The topological polar surface area (TPSA) is 43.9 Å². The summed E-state index contributed by atoms with van der Waals surface area (Å²) in [6.45, 7) is 7.02. The van der Waals surface area contributed by atoms with Gasteiger partial charge in [0.15, 0.2) is 5.69 Å². The van der Waals surface area contributed by atoms with Crippen molar-refractivity contribution in [3.8, 4) is 6.07 Å². The Balaban J connectivity index is 2.47. The van der Waals surface area contributed by atoms with Gasteiger partial charge in [-0.2, -0.15) is 5.26 Å². The average molecular weight is 217 g/mol. The maximum Gasteiger partial charge on any atom is 0.188 e. The zero-order chi connectivity index (χ0) is 11.8. The zero-order valence-corrected chi connectivity index (χ0v) is 8.86. The molecule has 78 valence electrons. The first-order chi connectivity index (χ1) is 8.31. The molecule has 0 radical (unpaired) electrons. The van der Waals surface area contributed by atoms with E-state index in [4.69, 9.17) is 11.8 Å². The number of hydrogen-bond acceptors (Lipinski definition) is 1. The minimum absolute atomic E-state index is 0.612. The number of H-pyrrole nitrogens is 1. The number of nitrogens with one attached hydrogen (secondary N) is 1. The van der Waals surface area contributed by atoms with Crippen molar-refractivity contribution in [1.29, 1.82) is 5.26 Å². The van der Waals surface area contributed by atoms with Crippen molar-refractivity contribution in [3.05, 3.63) is 53.4 Å². The molecule has 3 heteroatoms. The van der Waals surface area contributed by atoms with Crippen molar-refractivity contribution in [2.24, 2.45) is 0 Å². The molecule has 1 N–H and O–H groups in total. The van der Waals surface area contributed by atoms with Gasteiger partial charge < -0.3 is 4.98 Å². The van der Waals surface area contributed by atoms with Crippen molar-refractivity contribution in [3.63, 3.8) is 0 Å². The number of nitrogens with zero attached hydrogens (tertiary/aromatic N) is 2. The van der Waals surface area contributed by atoms with Gasteiger partial charge in [0.2, 0.25) is 0 Å². The normalized spacial score (nSPS) is 10.2. The molecule has 0 atom stereocenters. The number of hydrogen-bond donors (Lipinski definition) is 1. The van der Waals surface area contributed by atoms with Gasteiger partial charge >= 0.3 is 0 Å². The number of nitriles is 1. The van der Waals surface area contributed by atoms with Crippen LogP contribution >= 0.6 is 0 Å². The number of benzene rings is 2. The molecule has 2 aromatic carbocycles. The lowest BCUT2D eigenvalue weighted by molar-refractivity contribution is 1.49. The van der Waals surface area contributed by atoms with E-state index in [1.54, 1.807) is 12.1 Å². The quantitative estimate of drug-likeness (QED) is 0.572.